The Morgan fingerprint density at radius 2 is 1.67 bits per heavy atom. The van der Waals surface area contributed by atoms with Gasteiger partial charge in [-0.05, 0) is 31.0 Å². The lowest BCUT2D eigenvalue weighted by atomic mass is 10.4. The maximum absolute atomic E-state index is 12.5. The molecule has 0 saturated heterocycles. The van der Waals surface area contributed by atoms with Gasteiger partial charge in [-0.1, -0.05) is 37.0 Å². The largest absolute Gasteiger partial charge is 0.244 e. The number of nitrogens with zero attached hydrogens (tertiary/aromatic N) is 1. The van der Waals surface area contributed by atoms with Crippen molar-refractivity contribution in [1.82, 2.24) is 4.31 Å². The molecule has 0 amide bonds. The van der Waals surface area contributed by atoms with Crippen molar-refractivity contribution in [2.24, 2.45) is 0 Å². The van der Waals surface area contributed by atoms with E-state index in [1.54, 1.807) is 6.07 Å². The van der Waals surface area contributed by atoms with Crippen molar-refractivity contribution in [3.05, 3.63) is 28.2 Å². The highest BCUT2D eigenvalue weighted by Gasteiger charge is 2.25. The number of halogens is 2. The van der Waals surface area contributed by atoms with Crippen molar-refractivity contribution in [3.63, 3.8) is 0 Å². The Bertz CT molecular complexity index is 497. The first-order valence-electron chi connectivity index (χ1n) is 5.88. The summed E-state index contributed by atoms with van der Waals surface area (Å²) >= 11 is 11.8. The number of hydrogen-bond donors (Lipinski definition) is 0. The van der Waals surface area contributed by atoms with Crippen LogP contribution in [0.3, 0.4) is 0 Å². The smallest absolute Gasteiger partial charge is 0.207 e. The molecule has 3 nitrogen and oxygen atoms in total. The summed E-state index contributed by atoms with van der Waals surface area (Å²) in [6.45, 7) is 4.85. The molecule has 0 radical (unpaired) electrons. The number of hydrogen-bond acceptors (Lipinski definition) is 2. The van der Waals surface area contributed by atoms with E-state index in [2.05, 4.69) is 0 Å². The highest BCUT2D eigenvalue weighted by atomic mass is 35.5. The minimum Gasteiger partial charge on any atom is -0.207 e. The lowest BCUT2D eigenvalue weighted by Gasteiger charge is -2.21. The molecule has 0 bridgehead atoms. The fourth-order valence-corrected chi connectivity index (χ4v) is 4.03. The van der Waals surface area contributed by atoms with Crippen molar-refractivity contribution >= 4 is 33.2 Å². The van der Waals surface area contributed by atoms with Crippen LogP contribution in [0, 0.1) is 0 Å². The van der Waals surface area contributed by atoms with Crippen molar-refractivity contribution in [2.75, 3.05) is 13.1 Å². The van der Waals surface area contributed by atoms with Gasteiger partial charge in [-0.3, -0.25) is 0 Å². The van der Waals surface area contributed by atoms with E-state index in [0.29, 0.717) is 18.1 Å². The second-order valence-corrected chi connectivity index (χ2v) is 6.73. The molecular weight excluding hydrogens is 293 g/mol. The van der Waals surface area contributed by atoms with Crippen molar-refractivity contribution in [1.29, 1.82) is 0 Å². The van der Waals surface area contributed by atoms with Gasteiger partial charge in [0, 0.05) is 18.1 Å². The Kier molecular flexibility index (Phi) is 5.92. The lowest BCUT2D eigenvalue weighted by molar-refractivity contribution is 0.410. The van der Waals surface area contributed by atoms with Crippen LogP contribution >= 0.6 is 23.2 Å². The van der Waals surface area contributed by atoms with E-state index < -0.39 is 10.0 Å². The number of benzene rings is 1. The molecular formula is C12H17Cl2NO2S. The second kappa shape index (κ2) is 6.75. The third-order valence-corrected chi connectivity index (χ3v) is 5.07. The molecule has 0 aliphatic carbocycles. The second-order valence-electron chi connectivity index (χ2n) is 3.98. The third-order valence-electron chi connectivity index (χ3n) is 2.46. The third kappa shape index (κ3) is 3.60. The summed E-state index contributed by atoms with van der Waals surface area (Å²) in [6, 6.07) is 4.48. The van der Waals surface area contributed by atoms with Crippen LogP contribution in [0.1, 0.15) is 26.7 Å². The maximum Gasteiger partial charge on any atom is 0.244 e. The minimum absolute atomic E-state index is 0.0820. The molecule has 0 aliphatic rings. The Labute approximate surface area is 119 Å². The van der Waals surface area contributed by atoms with Crippen LogP contribution in [0.5, 0.6) is 0 Å². The number of sulfonamides is 1. The van der Waals surface area contributed by atoms with Gasteiger partial charge in [0.1, 0.15) is 4.90 Å². The molecule has 1 aromatic carbocycles. The fourth-order valence-electron chi connectivity index (χ4n) is 1.66. The molecule has 6 heteroatoms. The zero-order valence-electron chi connectivity index (χ0n) is 10.5. The minimum atomic E-state index is -3.56. The lowest BCUT2D eigenvalue weighted by Crippen LogP contribution is -2.32. The van der Waals surface area contributed by atoms with Gasteiger partial charge in [-0.2, -0.15) is 4.31 Å². The van der Waals surface area contributed by atoms with Gasteiger partial charge in [0.05, 0.1) is 5.02 Å². The molecule has 0 unspecified atom stereocenters. The van der Waals surface area contributed by atoms with Gasteiger partial charge in [-0.25, -0.2) is 8.42 Å². The summed E-state index contributed by atoms with van der Waals surface area (Å²) < 4.78 is 26.4. The molecule has 0 atom stereocenters. The van der Waals surface area contributed by atoms with Crippen molar-refractivity contribution in [2.45, 2.75) is 31.6 Å². The fraction of sp³-hybridized carbons (Fsp3) is 0.500. The normalized spacial score (nSPS) is 12.1. The van der Waals surface area contributed by atoms with Crippen molar-refractivity contribution < 1.29 is 8.42 Å². The van der Waals surface area contributed by atoms with E-state index in [1.807, 2.05) is 13.8 Å². The van der Waals surface area contributed by atoms with Crippen molar-refractivity contribution in [3.8, 4) is 0 Å². The van der Waals surface area contributed by atoms with Crippen LogP contribution in [0.2, 0.25) is 10.0 Å². The maximum atomic E-state index is 12.5. The molecule has 1 aromatic rings. The molecule has 18 heavy (non-hydrogen) atoms. The van der Waals surface area contributed by atoms with Gasteiger partial charge in [-0.15, -0.1) is 0 Å². The van der Waals surface area contributed by atoms with Crippen LogP contribution in [0.4, 0.5) is 0 Å². The Balaban J connectivity index is 3.21. The standard InChI is InChI=1S/C12H17Cl2NO2S/c1-3-7-15(8-4-2)18(16,17)12-9-10(13)5-6-11(12)14/h5-6,9H,3-4,7-8H2,1-2H3. The zero-order valence-corrected chi connectivity index (χ0v) is 12.8. The van der Waals surface area contributed by atoms with Gasteiger partial charge in [0.2, 0.25) is 10.0 Å². The summed E-state index contributed by atoms with van der Waals surface area (Å²) in [5.41, 5.74) is 0. The Morgan fingerprint density at radius 1 is 1.11 bits per heavy atom. The summed E-state index contributed by atoms with van der Waals surface area (Å²) in [7, 11) is -3.56. The SMILES string of the molecule is CCCN(CCC)S(=O)(=O)c1cc(Cl)ccc1Cl. The first kappa shape index (κ1) is 15.8. The Morgan fingerprint density at radius 3 is 2.17 bits per heavy atom. The van der Waals surface area contributed by atoms with Gasteiger partial charge in [0.15, 0.2) is 0 Å². The molecule has 1 rings (SSSR count). The van der Waals surface area contributed by atoms with E-state index in [4.69, 9.17) is 23.2 Å². The monoisotopic (exact) mass is 309 g/mol. The van der Waals surface area contributed by atoms with Gasteiger partial charge in [0.25, 0.3) is 0 Å². The van der Waals surface area contributed by atoms with E-state index in [-0.39, 0.29) is 9.92 Å². The van der Waals surface area contributed by atoms with Gasteiger partial charge < -0.3 is 0 Å². The molecule has 0 aliphatic heterocycles. The molecule has 102 valence electrons. The first-order chi connectivity index (χ1) is 8.43. The molecule has 0 aromatic heterocycles. The summed E-state index contributed by atoms with van der Waals surface area (Å²) in [4.78, 5) is 0.0820. The highest BCUT2D eigenvalue weighted by molar-refractivity contribution is 7.89. The van der Waals surface area contributed by atoms with Gasteiger partial charge >= 0.3 is 0 Å². The van der Waals surface area contributed by atoms with E-state index in [9.17, 15) is 8.42 Å². The zero-order chi connectivity index (χ0) is 13.8. The quantitative estimate of drug-likeness (QED) is 0.801. The highest BCUT2D eigenvalue weighted by Crippen LogP contribution is 2.27. The predicted octanol–water partition coefficient (Wildman–Crippen LogP) is 3.80. The van der Waals surface area contributed by atoms with Crippen LogP contribution in [0.25, 0.3) is 0 Å². The summed E-state index contributed by atoms with van der Waals surface area (Å²) in [5.74, 6) is 0. The van der Waals surface area contributed by atoms with Crippen LogP contribution in [-0.4, -0.2) is 25.8 Å². The summed E-state index contributed by atoms with van der Waals surface area (Å²) in [6.07, 6.45) is 1.52. The van der Waals surface area contributed by atoms with Crippen LogP contribution in [-0.2, 0) is 10.0 Å². The molecule has 0 spiro atoms. The average Bonchev–Trinajstić information content (AvgIpc) is 2.32. The molecule has 0 N–H and O–H groups in total. The predicted molar refractivity (Wildman–Crippen MR) is 75.8 cm³/mol. The first-order valence-corrected chi connectivity index (χ1v) is 8.08. The van der Waals surface area contributed by atoms with Crippen LogP contribution in [0.15, 0.2) is 23.1 Å². The molecule has 0 saturated carbocycles. The van der Waals surface area contributed by atoms with E-state index in [1.165, 1.54) is 16.4 Å². The Hall–Kier alpha value is -0.290. The summed E-state index contributed by atoms with van der Waals surface area (Å²) in [5, 5.41) is 0.572. The van der Waals surface area contributed by atoms with E-state index in [0.717, 1.165) is 12.8 Å². The molecule has 0 fully saturated rings. The molecule has 0 heterocycles. The van der Waals surface area contributed by atoms with Crippen LogP contribution < -0.4 is 0 Å². The average molecular weight is 310 g/mol. The topological polar surface area (TPSA) is 37.4 Å². The van der Waals surface area contributed by atoms with E-state index >= 15 is 0 Å². The number of rotatable bonds is 6.